The zero-order valence-corrected chi connectivity index (χ0v) is 16.6. The summed E-state index contributed by atoms with van der Waals surface area (Å²) in [4.78, 5) is 17.9. The number of nitrogens with one attached hydrogen (secondary N) is 1. The van der Waals surface area contributed by atoms with Crippen LogP contribution in [0.2, 0.25) is 0 Å². The Balaban J connectivity index is 1.54. The molecule has 4 rings (SSSR count). The molecule has 0 spiro atoms. The molecule has 6 heteroatoms. The van der Waals surface area contributed by atoms with Gasteiger partial charge in [-0.25, -0.2) is 4.39 Å². The Bertz CT molecular complexity index is 1020. The Hall–Kier alpha value is -2.86. The summed E-state index contributed by atoms with van der Waals surface area (Å²) in [5, 5.41) is 11.6. The fraction of sp³-hybridized carbons (Fsp3) is 0.348. The number of aromatic amines is 1. The minimum absolute atomic E-state index is 0.219. The van der Waals surface area contributed by atoms with Crippen molar-refractivity contribution in [3.63, 3.8) is 0 Å². The van der Waals surface area contributed by atoms with Crippen molar-refractivity contribution >= 4 is 16.8 Å². The first-order valence-corrected chi connectivity index (χ1v) is 9.90. The van der Waals surface area contributed by atoms with E-state index >= 15 is 0 Å². The van der Waals surface area contributed by atoms with Crippen LogP contribution in [0, 0.1) is 12.7 Å². The molecule has 1 aliphatic carbocycles. The molecule has 152 valence electrons. The molecule has 0 saturated heterocycles. The number of hydrogen-bond acceptors (Lipinski definition) is 3. The number of aliphatic hydroxyl groups excluding tert-OH is 1. The summed E-state index contributed by atoms with van der Waals surface area (Å²) in [5.74, 6) is 0.152. The van der Waals surface area contributed by atoms with Gasteiger partial charge in [-0.2, -0.15) is 0 Å². The van der Waals surface area contributed by atoms with Crippen molar-refractivity contribution in [2.75, 3.05) is 7.05 Å². The summed E-state index contributed by atoms with van der Waals surface area (Å²) >= 11 is 0. The van der Waals surface area contributed by atoms with Crippen LogP contribution in [-0.4, -0.2) is 46.2 Å². The molecule has 1 aromatic heterocycles. The molecule has 1 saturated carbocycles. The summed E-state index contributed by atoms with van der Waals surface area (Å²) in [5.41, 5.74) is 1.85. The van der Waals surface area contributed by atoms with Crippen molar-refractivity contribution in [3.8, 4) is 5.75 Å². The summed E-state index contributed by atoms with van der Waals surface area (Å²) in [6, 6.07) is 13.5. The molecular formula is C23H25FN2O3. The second-order valence-electron chi connectivity index (χ2n) is 7.69. The number of carbonyl (C=O) groups excluding carboxylic acids is 1. The van der Waals surface area contributed by atoms with Gasteiger partial charge in [0.25, 0.3) is 5.91 Å². The average Bonchev–Trinajstić information content (AvgIpc) is 3.05. The maximum atomic E-state index is 13.6. The number of halogens is 1. The van der Waals surface area contributed by atoms with Crippen molar-refractivity contribution in [1.82, 2.24) is 9.88 Å². The number of para-hydroxylation sites is 1. The van der Waals surface area contributed by atoms with Gasteiger partial charge in [-0.05, 0) is 62.1 Å². The maximum absolute atomic E-state index is 13.6. The summed E-state index contributed by atoms with van der Waals surface area (Å²) in [6.45, 7) is 1.80. The minimum atomic E-state index is -0.792. The number of aryl methyl sites for hydroxylation is 1. The van der Waals surface area contributed by atoms with E-state index in [2.05, 4.69) is 4.98 Å². The molecule has 1 aliphatic rings. The fourth-order valence-corrected chi connectivity index (χ4v) is 4.18. The van der Waals surface area contributed by atoms with E-state index in [9.17, 15) is 14.3 Å². The van der Waals surface area contributed by atoms with E-state index in [1.54, 1.807) is 24.9 Å². The van der Waals surface area contributed by atoms with Gasteiger partial charge in [0, 0.05) is 18.0 Å². The van der Waals surface area contributed by atoms with Gasteiger partial charge in [-0.1, -0.05) is 18.2 Å². The first-order chi connectivity index (χ1) is 14.0. The van der Waals surface area contributed by atoms with Gasteiger partial charge >= 0.3 is 0 Å². The second-order valence-corrected chi connectivity index (χ2v) is 7.69. The number of likely N-dealkylation sites (N-methyl/N-ethyl adjacent to an activating group) is 1. The van der Waals surface area contributed by atoms with Crippen LogP contribution in [-0.2, 0) is 0 Å². The zero-order chi connectivity index (χ0) is 20.5. The van der Waals surface area contributed by atoms with Gasteiger partial charge in [0.2, 0.25) is 0 Å². The molecule has 5 nitrogen and oxygen atoms in total. The van der Waals surface area contributed by atoms with Crippen LogP contribution in [0.1, 0.15) is 35.3 Å². The van der Waals surface area contributed by atoms with E-state index in [0.29, 0.717) is 28.8 Å². The zero-order valence-electron chi connectivity index (χ0n) is 16.6. The standard InChI is InChI=1S/C23H25FN2O3/c1-14-17-13-15(24)11-12-18(17)25-21(14)23(28)26(2)19-9-6-10-20(22(19)27)29-16-7-4-3-5-8-16/h3-5,7-8,11-13,19-20,22,25,27H,6,9-10H2,1-2H3/t19-,20-,22-/m1/s1. The Morgan fingerprint density at radius 2 is 1.97 bits per heavy atom. The lowest BCUT2D eigenvalue weighted by molar-refractivity contribution is -0.0413. The van der Waals surface area contributed by atoms with Gasteiger partial charge in [0.05, 0.1) is 6.04 Å². The number of fused-ring (bicyclic) bond motifs is 1. The summed E-state index contributed by atoms with van der Waals surface area (Å²) < 4.78 is 19.6. The van der Waals surface area contributed by atoms with Crippen molar-refractivity contribution in [3.05, 3.63) is 65.6 Å². The smallest absolute Gasteiger partial charge is 0.270 e. The fourth-order valence-electron chi connectivity index (χ4n) is 4.18. The number of carbonyl (C=O) groups is 1. The van der Waals surface area contributed by atoms with E-state index in [0.717, 1.165) is 18.4 Å². The monoisotopic (exact) mass is 396 g/mol. The first-order valence-electron chi connectivity index (χ1n) is 9.90. The van der Waals surface area contributed by atoms with Crippen LogP contribution in [0.4, 0.5) is 4.39 Å². The van der Waals surface area contributed by atoms with Crippen LogP contribution < -0.4 is 4.74 Å². The van der Waals surface area contributed by atoms with E-state index in [1.165, 1.54) is 12.1 Å². The predicted molar refractivity (Wildman–Crippen MR) is 110 cm³/mol. The van der Waals surface area contributed by atoms with Crippen LogP contribution >= 0.6 is 0 Å². The van der Waals surface area contributed by atoms with E-state index in [1.807, 2.05) is 30.3 Å². The van der Waals surface area contributed by atoms with Gasteiger partial charge in [0.15, 0.2) is 0 Å². The topological polar surface area (TPSA) is 65.6 Å². The normalized spacial score (nSPS) is 21.9. The second kappa shape index (κ2) is 7.87. The van der Waals surface area contributed by atoms with Crippen molar-refractivity contribution in [2.45, 2.75) is 44.4 Å². The lowest BCUT2D eigenvalue weighted by Crippen LogP contribution is -2.53. The van der Waals surface area contributed by atoms with Crippen molar-refractivity contribution < 1.29 is 19.0 Å². The molecular weight excluding hydrogens is 371 g/mol. The molecule has 2 aromatic carbocycles. The van der Waals surface area contributed by atoms with Crippen molar-refractivity contribution in [2.24, 2.45) is 0 Å². The number of rotatable bonds is 4. The number of hydrogen-bond donors (Lipinski definition) is 2. The molecule has 2 N–H and O–H groups in total. The largest absolute Gasteiger partial charge is 0.488 e. The molecule has 1 fully saturated rings. The van der Waals surface area contributed by atoms with Gasteiger partial charge in [-0.15, -0.1) is 0 Å². The van der Waals surface area contributed by atoms with E-state index in [4.69, 9.17) is 4.74 Å². The van der Waals surface area contributed by atoms with E-state index in [-0.39, 0.29) is 23.9 Å². The molecule has 29 heavy (non-hydrogen) atoms. The van der Waals surface area contributed by atoms with Crippen LogP contribution in [0.3, 0.4) is 0 Å². The molecule has 1 heterocycles. The Morgan fingerprint density at radius 3 is 2.72 bits per heavy atom. The predicted octanol–water partition coefficient (Wildman–Crippen LogP) is 4.05. The number of ether oxygens (including phenoxy) is 1. The van der Waals surface area contributed by atoms with Gasteiger partial charge < -0.3 is 19.7 Å². The van der Waals surface area contributed by atoms with Crippen LogP contribution in [0.15, 0.2) is 48.5 Å². The van der Waals surface area contributed by atoms with Gasteiger partial charge in [0.1, 0.15) is 29.5 Å². The summed E-state index contributed by atoms with van der Waals surface area (Å²) in [7, 11) is 1.70. The highest BCUT2D eigenvalue weighted by Gasteiger charge is 2.38. The average molecular weight is 396 g/mol. The maximum Gasteiger partial charge on any atom is 0.270 e. The first kappa shape index (κ1) is 19.5. The lowest BCUT2D eigenvalue weighted by atomic mass is 9.88. The summed E-state index contributed by atoms with van der Waals surface area (Å²) in [6.07, 6.45) is 1.13. The Morgan fingerprint density at radius 1 is 1.21 bits per heavy atom. The molecule has 0 aliphatic heterocycles. The number of amides is 1. The van der Waals surface area contributed by atoms with Crippen LogP contribution in [0.25, 0.3) is 10.9 Å². The number of nitrogens with zero attached hydrogens (tertiary/aromatic N) is 1. The Labute approximate surface area is 169 Å². The van der Waals surface area contributed by atoms with Crippen LogP contribution in [0.5, 0.6) is 5.75 Å². The highest BCUT2D eigenvalue weighted by atomic mass is 19.1. The number of H-pyrrole nitrogens is 1. The molecule has 1 amide bonds. The van der Waals surface area contributed by atoms with E-state index < -0.39 is 6.10 Å². The highest BCUT2D eigenvalue weighted by Crippen LogP contribution is 2.29. The number of aliphatic hydroxyl groups is 1. The lowest BCUT2D eigenvalue weighted by Gasteiger charge is -2.39. The third-order valence-corrected chi connectivity index (χ3v) is 5.85. The molecule has 0 bridgehead atoms. The third-order valence-electron chi connectivity index (χ3n) is 5.85. The SMILES string of the molecule is Cc1c(C(=O)N(C)[C@@H]2CCC[C@@H](Oc3ccccc3)[C@@H]2O)[nH]c2ccc(F)cc12. The minimum Gasteiger partial charge on any atom is -0.488 e. The number of benzene rings is 2. The van der Waals surface area contributed by atoms with Crippen molar-refractivity contribution in [1.29, 1.82) is 0 Å². The molecule has 3 aromatic rings. The number of aromatic nitrogens is 1. The quantitative estimate of drug-likeness (QED) is 0.699. The highest BCUT2D eigenvalue weighted by molar-refractivity contribution is 6.00. The molecule has 0 unspecified atom stereocenters. The third kappa shape index (κ3) is 3.72. The molecule has 3 atom stereocenters. The Kier molecular flexibility index (Phi) is 5.28. The molecule has 0 radical (unpaired) electrons. The van der Waals surface area contributed by atoms with Gasteiger partial charge in [-0.3, -0.25) is 4.79 Å².